The number of aryl methyl sites for hydroxylation is 2. The maximum Gasteiger partial charge on any atom is 0.260 e. The first-order valence-corrected chi connectivity index (χ1v) is 5.85. The molecule has 0 bridgehead atoms. The Balaban J connectivity index is 2.27. The maximum atomic E-state index is 12.3. The van der Waals surface area contributed by atoms with Crippen LogP contribution in [0, 0.1) is 19.1 Å². The van der Waals surface area contributed by atoms with Gasteiger partial charge in [0, 0.05) is 17.5 Å². The second kappa shape index (κ2) is 3.88. The zero-order chi connectivity index (χ0) is 12.7. The normalized spacial score (nSPS) is 11.0. The number of hydrogen-bond acceptors (Lipinski definition) is 2. The van der Waals surface area contributed by atoms with Crippen molar-refractivity contribution in [1.82, 2.24) is 0 Å². The molecule has 0 unspecified atom stereocenters. The first kappa shape index (κ1) is 10.8. The minimum atomic E-state index is 0.546. The van der Waals surface area contributed by atoms with Crippen molar-refractivity contribution < 1.29 is 9.15 Å². The third-order valence-corrected chi connectivity index (χ3v) is 3.21. The van der Waals surface area contributed by atoms with E-state index in [-0.39, 0.29) is 0 Å². The Kier molecular flexibility index (Phi) is 2.33. The second-order valence-electron chi connectivity index (χ2n) is 4.42. The van der Waals surface area contributed by atoms with Gasteiger partial charge in [-0.05, 0) is 37.6 Å². The molecule has 0 amide bonds. The number of aromatic nitrogens is 1. The zero-order valence-electron chi connectivity index (χ0n) is 10.3. The molecule has 0 atom stereocenters. The molecule has 3 rings (SSSR count). The van der Waals surface area contributed by atoms with E-state index in [1.54, 1.807) is 6.07 Å². The lowest BCUT2D eigenvalue weighted by atomic mass is 10.2. The van der Waals surface area contributed by atoms with Gasteiger partial charge >= 0.3 is 0 Å². The van der Waals surface area contributed by atoms with E-state index in [0.29, 0.717) is 17.0 Å². The highest BCUT2D eigenvalue weighted by molar-refractivity contribution is 5.77. The van der Waals surface area contributed by atoms with E-state index < -0.39 is 0 Å². The fraction of sp³-hybridized carbons (Fsp3) is 0.133. The summed E-state index contributed by atoms with van der Waals surface area (Å²) in [5, 5.41) is 13.2. The Morgan fingerprint density at radius 3 is 2.56 bits per heavy atom. The highest BCUT2D eigenvalue weighted by Gasteiger charge is 2.16. The third-order valence-electron chi connectivity index (χ3n) is 3.21. The summed E-state index contributed by atoms with van der Waals surface area (Å²) in [6.45, 7) is 3.87. The van der Waals surface area contributed by atoms with Gasteiger partial charge in [-0.1, -0.05) is 12.1 Å². The van der Waals surface area contributed by atoms with Crippen LogP contribution in [0.2, 0.25) is 0 Å². The lowest BCUT2D eigenvalue weighted by Gasteiger charge is -2.05. The smallest absolute Gasteiger partial charge is 0.260 e. The van der Waals surface area contributed by atoms with Gasteiger partial charge in [0.15, 0.2) is 5.76 Å². The Morgan fingerprint density at radius 2 is 1.83 bits per heavy atom. The Hall–Kier alpha value is -2.29. The van der Waals surface area contributed by atoms with Crippen LogP contribution in [0.3, 0.4) is 0 Å². The molecule has 0 aliphatic rings. The molecule has 0 saturated carbocycles. The van der Waals surface area contributed by atoms with Crippen molar-refractivity contribution >= 4 is 10.9 Å². The minimum Gasteiger partial charge on any atom is -0.618 e. The molecule has 3 nitrogen and oxygen atoms in total. The number of benzene rings is 1. The molecular weight excluding hydrogens is 226 g/mol. The Labute approximate surface area is 105 Å². The number of fused-ring (bicyclic) bond motifs is 1. The number of hydrogen-bond donors (Lipinski definition) is 0. The monoisotopic (exact) mass is 239 g/mol. The van der Waals surface area contributed by atoms with Crippen LogP contribution in [0.15, 0.2) is 46.9 Å². The largest absolute Gasteiger partial charge is 0.618 e. The van der Waals surface area contributed by atoms with E-state index in [1.807, 2.05) is 50.2 Å². The number of para-hydroxylation sites is 1. The molecule has 2 aromatic heterocycles. The summed E-state index contributed by atoms with van der Waals surface area (Å²) >= 11 is 0. The van der Waals surface area contributed by atoms with Crippen molar-refractivity contribution in [3.05, 3.63) is 59.0 Å². The first-order valence-electron chi connectivity index (χ1n) is 5.85. The van der Waals surface area contributed by atoms with Crippen LogP contribution in [0.1, 0.15) is 11.3 Å². The predicted molar refractivity (Wildman–Crippen MR) is 70.1 cm³/mol. The maximum absolute atomic E-state index is 12.3. The molecule has 0 saturated heterocycles. The van der Waals surface area contributed by atoms with Gasteiger partial charge in [-0.15, -0.1) is 0 Å². The number of pyridine rings is 1. The van der Waals surface area contributed by atoms with E-state index in [0.717, 1.165) is 21.4 Å². The molecule has 0 aliphatic heterocycles. The van der Waals surface area contributed by atoms with Crippen LogP contribution in [-0.4, -0.2) is 0 Å². The lowest BCUT2D eigenvalue weighted by molar-refractivity contribution is -0.565. The highest BCUT2D eigenvalue weighted by atomic mass is 16.5. The molecule has 3 aromatic rings. The van der Waals surface area contributed by atoms with E-state index in [1.165, 1.54) is 0 Å². The fourth-order valence-corrected chi connectivity index (χ4v) is 2.06. The van der Waals surface area contributed by atoms with Crippen LogP contribution in [0.5, 0.6) is 0 Å². The number of furan rings is 1. The van der Waals surface area contributed by atoms with Gasteiger partial charge in [0.1, 0.15) is 5.76 Å². The molecule has 0 radical (unpaired) electrons. The molecule has 0 N–H and O–H groups in total. The third kappa shape index (κ3) is 1.56. The van der Waals surface area contributed by atoms with E-state index in [4.69, 9.17) is 4.42 Å². The van der Waals surface area contributed by atoms with Gasteiger partial charge in [0.05, 0.1) is 0 Å². The van der Waals surface area contributed by atoms with Gasteiger partial charge in [0.25, 0.3) is 5.69 Å². The lowest BCUT2D eigenvalue weighted by Crippen LogP contribution is -2.29. The Morgan fingerprint density at radius 1 is 1.06 bits per heavy atom. The average Bonchev–Trinajstić information content (AvgIpc) is 2.70. The van der Waals surface area contributed by atoms with Crippen molar-refractivity contribution in [2.75, 3.05) is 0 Å². The van der Waals surface area contributed by atoms with Crippen LogP contribution in [-0.2, 0) is 0 Å². The van der Waals surface area contributed by atoms with Gasteiger partial charge < -0.3 is 9.62 Å². The average molecular weight is 239 g/mol. The molecule has 0 spiro atoms. The van der Waals surface area contributed by atoms with Crippen molar-refractivity contribution in [3.8, 4) is 11.5 Å². The summed E-state index contributed by atoms with van der Waals surface area (Å²) in [7, 11) is 0. The molecule has 0 fully saturated rings. The molecular formula is C15H13NO2. The number of rotatable bonds is 1. The molecule has 3 heteroatoms. The van der Waals surface area contributed by atoms with Crippen molar-refractivity contribution in [2.45, 2.75) is 13.8 Å². The van der Waals surface area contributed by atoms with Crippen molar-refractivity contribution in [1.29, 1.82) is 0 Å². The van der Waals surface area contributed by atoms with Gasteiger partial charge in [-0.25, -0.2) is 0 Å². The van der Waals surface area contributed by atoms with Crippen molar-refractivity contribution in [3.63, 3.8) is 0 Å². The second-order valence-corrected chi connectivity index (χ2v) is 4.42. The highest BCUT2D eigenvalue weighted by Crippen LogP contribution is 2.23. The van der Waals surface area contributed by atoms with Crippen LogP contribution < -0.4 is 4.73 Å². The minimum absolute atomic E-state index is 0.546. The molecule has 90 valence electrons. The number of nitrogens with zero attached hydrogens (tertiary/aromatic N) is 1. The summed E-state index contributed by atoms with van der Waals surface area (Å²) < 4.78 is 6.53. The topological polar surface area (TPSA) is 40.1 Å². The van der Waals surface area contributed by atoms with Gasteiger partial charge in [-0.2, -0.15) is 4.73 Å². The standard InChI is InChI=1S/C15H13NO2/c1-10-9-15(18-11(10)2)14-8-7-12-5-3-4-6-13(12)16(14)17/h3-9H,1-2H3. The van der Waals surface area contributed by atoms with Gasteiger partial charge in [0.2, 0.25) is 5.52 Å². The summed E-state index contributed by atoms with van der Waals surface area (Å²) in [6.07, 6.45) is 0. The van der Waals surface area contributed by atoms with Crippen LogP contribution in [0.25, 0.3) is 22.4 Å². The van der Waals surface area contributed by atoms with Crippen LogP contribution in [0.4, 0.5) is 0 Å². The van der Waals surface area contributed by atoms with Crippen molar-refractivity contribution in [2.24, 2.45) is 0 Å². The SMILES string of the molecule is Cc1cc(-c2ccc3ccccc3[n+]2[O-])oc1C. The Bertz CT molecular complexity index is 709. The quantitative estimate of drug-likeness (QED) is 0.482. The predicted octanol–water partition coefficient (Wildman–Crippen LogP) is 3.35. The first-order chi connectivity index (χ1) is 8.66. The summed E-state index contributed by atoms with van der Waals surface area (Å²) in [4.78, 5) is 0. The summed E-state index contributed by atoms with van der Waals surface area (Å²) in [5.74, 6) is 1.46. The van der Waals surface area contributed by atoms with E-state index in [2.05, 4.69) is 0 Å². The molecule has 18 heavy (non-hydrogen) atoms. The van der Waals surface area contributed by atoms with E-state index >= 15 is 0 Å². The summed E-state index contributed by atoms with van der Waals surface area (Å²) in [6, 6.07) is 13.1. The zero-order valence-corrected chi connectivity index (χ0v) is 10.3. The molecule has 0 aliphatic carbocycles. The van der Waals surface area contributed by atoms with E-state index in [9.17, 15) is 5.21 Å². The molecule has 2 heterocycles. The van der Waals surface area contributed by atoms with Crippen LogP contribution >= 0.6 is 0 Å². The molecule has 1 aromatic carbocycles. The fourth-order valence-electron chi connectivity index (χ4n) is 2.06. The van der Waals surface area contributed by atoms with Gasteiger partial charge in [-0.3, -0.25) is 0 Å². The summed E-state index contributed by atoms with van der Waals surface area (Å²) in [5.41, 5.74) is 2.25.